The van der Waals surface area contributed by atoms with Gasteiger partial charge in [0.25, 0.3) is 0 Å². The Labute approximate surface area is 104 Å². The molecule has 17 heavy (non-hydrogen) atoms. The number of hydrogen-bond acceptors (Lipinski definition) is 4. The van der Waals surface area contributed by atoms with E-state index >= 15 is 0 Å². The average molecular weight is 244 g/mol. The largest absolute Gasteiger partial charge is 0.305 e. The highest BCUT2D eigenvalue weighted by Crippen LogP contribution is 2.22. The summed E-state index contributed by atoms with van der Waals surface area (Å²) in [5, 5.41) is 17.5. The van der Waals surface area contributed by atoms with E-state index in [1.165, 1.54) is 17.3 Å². The van der Waals surface area contributed by atoms with Crippen LogP contribution in [0.3, 0.4) is 0 Å². The van der Waals surface area contributed by atoms with E-state index in [9.17, 15) is 0 Å². The van der Waals surface area contributed by atoms with Crippen LogP contribution in [0, 0.1) is 18.3 Å². The van der Waals surface area contributed by atoms with Gasteiger partial charge in [-0.1, -0.05) is 41.6 Å². The minimum absolute atomic E-state index is 0.389. The minimum Gasteiger partial charge on any atom is -0.305 e. The van der Waals surface area contributed by atoms with Crippen molar-refractivity contribution in [2.45, 2.75) is 12.1 Å². The maximum atomic E-state index is 8.54. The lowest BCUT2D eigenvalue weighted by Crippen LogP contribution is -1.94. The summed E-state index contributed by atoms with van der Waals surface area (Å²) in [7, 11) is 1.91. The number of rotatable bonds is 3. The molecule has 0 spiro atoms. The van der Waals surface area contributed by atoms with Gasteiger partial charge in [-0.3, -0.25) is 0 Å². The molecule has 0 amide bonds. The summed E-state index contributed by atoms with van der Waals surface area (Å²) < 4.78 is 1.91. The highest BCUT2D eigenvalue weighted by molar-refractivity contribution is 7.99. The van der Waals surface area contributed by atoms with Gasteiger partial charge < -0.3 is 4.57 Å². The molecule has 86 valence electrons. The first-order valence-corrected chi connectivity index (χ1v) is 6.17. The molecule has 0 aliphatic rings. The van der Waals surface area contributed by atoms with Crippen molar-refractivity contribution >= 4 is 11.8 Å². The first-order chi connectivity index (χ1) is 8.22. The Morgan fingerprint density at radius 1 is 1.29 bits per heavy atom. The fourth-order valence-corrected chi connectivity index (χ4v) is 2.06. The van der Waals surface area contributed by atoms with Gasteiger partial charge in [0, 0.05) is 12.6 Å². The molecule has 0 N–H and O–H groups in total. The van der Waals surface area contributed by atoms with Crippen LogP contribution in [0.1, 0.15) is 5.56 Å². The third kappa shape index (κ3) is 2.48. The second-order valence-electron chi connectivity index (χ2n) is 3.68. The van der Waals surface area contributed by atoms with Gasteiger partial charge >= 0.3 is 0 Å². The standard InChI is InChI=1S/C12H12N4S/c1-9-3-5-10(6-4-9)11-14-15-12(16(11)2)17-8-7-13/h3-6H,8H2,1-2H3. The molecule has 0 unspecified atom stereocenters. The van der Waals surface area contributed by atoms with Crippen LogP contribution < -0.4 is 0 Å². The van der Waals surface area contributed by atoms with Crippen molar-refractivity contribution in [1.29, 1.82) is 5.26 Å². The average Bonchev–Trinajstić information content (AvgIpc) is 2.69. The molecule has 0 aliphatic carbocycles. The summed E-state index contributed by atoms with van der Waals surface area (Å²) in [4.78, 5) is 0. The Bertz CT molecular complexity index is 551. The van der Waals surface area contributed by atoms with Gasteiger partial charge in [0.05, 0.1) is 11.8 Å². The molecule has 1 aromatic heterocycles. The van der Waals surface area contributed by atoms with Gasteiger partial charge in [-0.2, -0.15) is 5.26 Å². The Hall–Kier alpha value is -1.80. The molecule has 0 saturated carbocycles. The Morgan fingerprint density at radius 2 is 2.00 bits per heavy atom. The zero-order chi connectivity index (χ0) is 12.3. The molecule has 0 saturated heterocycles. The number of hydrogen-bond donors (Lipinski definition) is 0. The molecule has 2 rings (SSSR count). The Morgan fingerprint density at radius 3 is 2.65 bits per heavy atom. The van der Waals surface area contributed by atoms with Crippen molar-refractivity contribution in [3.05, 3.63) is 29.8 Å². The first-order valence-electron chi connectivity index (χ1n) is 5.18. The summed E-state index contributed by atoms with van der Waals surface area (Å²) in [5.41, 5.74) is 2.25. The van der Waals surface area contributed by atoms with Crippen molar-refractivity contribution in [2.24, 2.45) is 7.05 Å². The molecule has 5 heteroatoms. The van der Waals surface area contributed by atoms with E-state index in [0.29, 0.717) is 5.75 Å². The van der Waals surface area contributed by atoms with Crippen LogP contribution in [0.5, 0.6) is 0 Å². The summed E-state index contributed by atoms with van der Waals surface area (Å²) in [6.07, 6.45) is 0. The van der Waals surface area contributed by atoms with Crippen molar-refractivity contribution in [3.8, 4) is 17.5 Å². The number of thioether (sulfide) groups is 1. The number of nitrogens with zero attached hydrogens (tertiary/aromatic N) is 4. The number of benzene rings is 1. The molecule has 0 aliphatic heterocycles. The number of aryl methyl sites for hydroxylation is 1. The number of aromatic nitrogens is 3. The molecular weight excluding hydrogens is 232 g/mol. The van der Waals surface area contributed by atoms with Gasteiger partial charge in [-0.15, -0.1) is 10.2 Å². The van der Waals surface area contributed by atoms with Crippen LogP contribution in [-0.2, 0) is 7.05 Å². The van der Waals surface area contributed by atoms with E-state index in [-0.39, 0.29) is 0 Å². The minimum atomic E-state index is 0.389. The van der Waals surface area contributed by atoms with Gasteiger partial charge in [-0.05, 0) is 6.92 Å². The van der Waals surface area contributed by atoms with Crippen molar-refractivity contribution in [2.75, 3.05) is 5.75 Å². The Kier molecular flexibility index (Phi) is 3.45. The molecule has 0 atom stereocenters. The second-order valence-corrected chi connectivity index (χ2v) is 4.62. The maximum Gasteiger partial charge on any atom is 0.192 e. The van der Waals surface area contributed by atoms with Gasteiger partial charge in [0.2, 0.25) is 0 Å². The van der Waals surface area contributed by atoms with Crippen molar-refractivity contribution < 1.29 is 0 Å². The van der Waals surface area contributed by atoms with Crippen LogP contribution in [0.25, 0.3) is 11.4 Å². The van der Waals surface area contributed by atoms with Gasteiger partial charge in [-0.25, -0.2) is 0 Å². The molecule has 0 bridgehead atoms. The Balaban J connectivity index is 2.31. The van der Waals surface area contributed by atoms with E-state index in [1.807, 2.05) is 35.9 Å². The molecule has 1 aromatic carbocycles. The van der Waals surface area contributed by atoms with E-state index < -0.39 is 0 Å². The molecular formula is C12H12N4S. The zero-order valence-electron chi connectivity index (χ0n) is 9.71. The highest BCUT2D eigenvalue weighted by atomic mass is 32.2. The topological polar surface area (TPSA) is 54.5 Å². The van der Waals surface area contributed by atoms with Crippen molar-refractivity contribution in [1.82, 2.24) is 14.8 Å². The van der Waals surface area contributed by atoms with Crippen LogP contribution >= 0.6 is 11.8 Å². The third-order valence-electron chi connectivity index (χ3n) is 2.41. The fourth-order valence-electron chi connectivity index (χ4n) is 1.49. The smallest absolute Gasteiger partial charge is 0.192 e. The highest BCUT2D eigenvalue weighted by Gasteiger charge is 2.10. The van der Waals surface area contributed by atoms with E-state index in [2.05, 4.69) is 23.2 Å². The van der Waals surface area contributed by atoms with Crippen LogP contribution in [0.15, 0.2) is 29.4 Å². The molecule has 4 nitrogen and oxygen atoms in total. The fraction of sp³-hybridized carbons (Fsp3) is 0.250. The predicted molar refractivity (Wildman–Crippen MR) is 67.5 cm³/mol. The molecule has 0 radical (unpaired) electrons. The predicted octanol–water partition coefficient (Wildman–Crippen LogP) is 2.41. The SMILES string of the molecule is Cc1ccc(-c2nnc(SCC#N)n2C)cc1. The summed E-state index contributed by atoms with van der Waals surface area (Å²) >= 11 is 1.39. The van der Waals surface area contributed by atoms with Crippen LogP contribution in [-0.4, -0.2) is 20.5 Å². The summed E-state index contributed by atoms with van der Waals surface area (Å²) in [6, 6.07) is 10.2. The monoisotopic (exact) mass is 244 g/mol. The van der Waals surface area contributed by atoms with Gasteiger partial charge in [0.15, 0.2) is 11.0 Å². The summed E-state index contributed by atoms with van der Waals surface area (Å²) in [5.74, 6) is 1.21. The lowest BCUT2D eigenvalue weighted by atomic mass is 10.1. The first kappa shape index (κ1) is 11.7. The lowest BCUT2D eigenvalue weighted by molar-refractivity contribution is 0.795. The summed E-state index contributed by atoms with van der Waals surface area (Å²) in [6.45, 7) is 2.05. The van der Waals surface area contributed by atoms with E-state index in [4.69, 9.17) is 5.26 Å². The van der Waals surface area contributed by atoms with E-state index in [1.54, 1.807) is 0 Å². The van der Waals surface area contributed by atoms with E-state index in [0.717, 1.165) is 16.5 Å². The lowest BCUT2D eigenvalue weighted by Gasteiger charge is -2.02. The van der Waals surface area contributed by atoms with Crippen LogP contribution in [0.4, 0.5) is 0 Å². The zero-order valence-corrected chi connectivity index (χ0v) is 10.5. The number of nitriles is 1. The van der Waals surface area contributed by atoms with Crippen LogP contribution in [0.2, 0.25) is 0 Å². The third-order valence-corrected chi connectivity index (χ3v) is 3.30. The normalized spacial score (nSPS) is 10.2. The van der Waals surface area contributed by atoms with Gasteiger partial charge in [0.1, 0.15) is 0 Å². The quantitative estimate of drug-likeness (QED) is 0.778. The van der Waals surface area contributed by atoms with Crippen molar-refractivity contribution in [3.63, 3.8) is 0 Å². The molecule has 2 aromatic rings. The molecule has 0 fully saturated rings. The maximum absolute atomic E-state index is 8.54. The second kappa shape index (κ2) is 5.02. The molecule has 1 heterocycles.